The topological polar surface area (TPSA) is 64.9 Å². The van der Waals surface area contributed by atoms with E-state index in [0.29, 0.717) is 12.2 Å². The maximum absolute atomic E-state index is 11.6. The summed E-state index contributed by atoms with van der Waals surface area (Å²) in [6.07, 6.45) is 0.866. The first-order valence-electron chi connectivity index (χ1n) is 5.83. The number of carbonyl (C=O) groups excluding carboxylic acids is 1. The van der Waals surface area contributed by atoms with Gasteiger partial charge in [-0.1, -0.05) is 6.07 Å². The first-order valence-corrected chi connectivity index (χ1v) is 5.83. The fraction of sp³-hybridized carbons (Fsp3) is 0.385. The van der Waals surface area contributed by atoms with Crippen molar-refractivity contribution in [1.82, 2.24) is 4.98 Å². The van der Waals surface area contributed by atoms with Crippen molar-refractivity contribution in [2.24, 2.45) is 0 Å². The summed E-state index contributed by atoms with van der Waals surface area (Å²) in [4.78, 5) is 15.7. The number of aromatic nitrogens is 1. The average Bonchev–Trinajstić information content (AvgIpc) is 2.86. The van der Waals surface area contributed by atoms with Gasteiger partial charge in [-0.25, -0.2) is 9.78 Å². The Morgan fingerprint density at radius 1 is 1.56 bits per heavy atom. The standard InChI is InChI=1S/C13H13NO4/c1-3-16-12(15)11-13(2,18-11)8-4-5-9-10(6-8)17-7-14-9/h4-7,11H,3H2,1-2H3. The molecule has 2 unspecified atom stereocenters. The van der Waals surface area contributed by atoms with E-state index in [-0.39, 0.29) is 5.97 Å². The van der Waals surface area contributed by atoms with Crippen molar-refractivity contribution in [3.63, 3.8) is 0 Å². The summed E-state index contributed by atoms with van der Waals surface area (Å²) in [5.41, 5.74) is 1.75. The molecule has 1 aromatic heterocycles. The van der Waals surface area contributed by atoms with Crippen molar-refractivity contribution in [3.05, 3.63) is 30.2 Å². The van der Waals surface area contributed by atoms with Crippen LogP contribution in [0.5, 0.6) is 0 Å². The summed E-state index contributed by atoms with van der Waals surface area (Å²) >= 11 is 0. The Morgan fingerprint density at radius 2 is 2.39 bits per heavy atom. The third kappa shape index (κ3) is 1.59. The SMILES string of the molecule is CCOC(=O)C1OC1(C)c1ccc2ncoc2c1. The first-order chi connectivity index (χ1) is 8.65. The normalized spacial score (nSPS) is 26.2. The minimum absolute atomic E-state index is 0.322. The van der Waals surface area contributed by atoms with Crippen LogP contribution >= 0.6 is 0 Å². The molecule has 5 heteroatoms. The van der Waals surface area contributed by atoms with E-state index in [9.17, 15) is 4.79 Å². The summed E-state index contributed by atoms with van der Waals surface area (Å²) in [7, 11) is 0. The number of hydrogen-bond acceptors (Lipinski definition) is 5. The van der Waals surface area contributed by atoms with Gasteiger partial charge in [-0.2, -0.15) is 0 Å². The van der Waals surface area contributed by atoms with E-state index in [2.05, 4.69) is 4.98 Å². The molecule has 0 saturated carbocycles. The predicted octanol–water partition coefficient (Wildman–Crippen LogP) is 2.00. The van der Waals surface area contributed by atoms with Crippen LogP contribution in [0.25, 0.3) is 11.1 Å². The number of carbonyl (C=O) groups is 1. The predicted molar refractivity (Wildman–Crippen MR) is 62.9 cm³/mol. The van der Waals surface area contributed by atoms with Crippen molar-refractivity contribution in [3.8, 4) is 0 Å². The van der Waals surface area contributed by atoms with Gasteiger partial charge in [0.15, 0.2) is 18.1 Å². The van der Waals surface area contributed by atoms with Crippen LogP contribution in [0, 0.1) is 0 Å². The minimum atomic E-state index is -0.618. The van der Waals surface area contributed by atoms with Gasteiger partial charge in [0.25, 0.3) is 0 Å². The summed E-state index contributed by atoms with van der Waals surface area (Å²) in [6, 6.07) is 5.59. The van der Waals surface area contributed by atoms with Crippen LogP contribution in [0.4, 0.5) is 0 Å². The lowest BCUT2D eigenvalue weighted by atomic mass is 9.97. The number of oxazole rings is 1. The van der Waals surface area contributed by atoms with Gasteiger partial charge in [-0.15, -0.1) is 0 Å². The number of epoxide rings is 1. The molecule has 94 valence electrons. The van der Waals surface area contributed by atoms with Crippen LogP contribution in [0.1, 0.15) is 19.4 Å². The molecule has 18 heavy (non-hydrogen) atoms. The lowest BCUT2D eigenvalue weighted by molar-refractivity contribution is -0.144. The van der Waals surface area contributed by atoms with Crippen molar-refractivity contribution in [2.75, 3.05) is 6.61 Å². The second-order valence-corrected chi connectivity index (χ2v) is 4.39. The molecule has 1 aromatic carbocycles. The Labute approximate surface area is 104 Å². The Bertz CT molecular complexity index is 606. The van der Waals surface area contributed by atoms with Gasteiger partial charge in [-0.3, -0.25) is 0 Å². The molecule has 0 radical (unpaired) electrons. The molecule has 1 aliphatic rings. The second kappa shape index (κ2) is 3.81. The van der Waals surface area contributed by atoms with Gasteiger partial charge in [0.1, 0.15) is 11.1 Å². The van der Waals surface area contributed by atoms with Gasteiger partial charge >= 0.3 is 5.97 Å². The minimum Gasteiger partial charge on any atom is -0.464 e. The fourth-order valence-electron chi connectivity index (χ4n) is 2.09. The Kier molecular flexibility index (Phi) is 2.38. The molecule has 0 aliphatic carbocycles. The number of rotatable bonds is 3. The van der Waals surface area contributed by atoms with Crippen LogP contribution in [-0.2, 0) is 19.9 Å². The molecule has 1 fully saturated rings. The fourth-order valence-corrected chi connectivity index (χ4v) is 2.09. The number of esters is 1. The van der Waals surface area contributed by atoms with Crippen LogP contribution < -0.4 is 0 Å². The zero-order valence-electron chi connectivity index (χ0n) is 10.2. The van der Waals surface area contributed by atoms with Crippen molar-refractivity contribution in [2.45, 2.75) is 25.6 Å². The number of nitrogens with zero attached hydrogens (tertiary/aromatic N) is 1. The highest BCUT2D eigenvalue weighted by Crippen LogP contribution is 2.47. The van der Waals surface area contributed by atoms with Gasteiger partial charge in [0.2, 0.25) is 0 Å². The van der Waals surface area contributed by atoms with Crippen LogP contribution in [-0.4, -0.2) is 23.7 Å². The Hall–Kier alpha value is -1.88. The largest absolute Gasteiger partial charge is 0.464 e. The number of hydrogen-bond donors (Lipinski definition) is 0. The third-order valence-electron chi connectivity index (χ3n) is 3.21. The number of ether oxygens (including phenoxy) is 2. The highest BCUT2D eigenvalue weighted by Gasteiger charge is 2.59. The molecule has 2 atom stereocenters. The highest BCUT2D eigenvalue weighted by atomic mass is 16.7. The summed E-state index contributed by atoms with van der Waals surface area (Å²) in [5.74, 6) is -0.322. The lowest BCUT2D eigenvalue weighted by Crippen LogP contribution is -2.18. The molecule has 0 spiro atoms. The van der Waals surface area contributed by atoms with E-state index in [1.807, 2.05) is 25.1 Å². The van der Waals surface area contributed by atoms with E-state index < -0.39 is 11.7 Å². The molecular formula is C13H13NO4. The van der Waals surface area contributed by atoms with E-state index in [4.69, 9.17) is 13.9 Å². The number of fused-ring (bicyclic) bond motifs is 1. The molecule has 3 rings (SSSR count). The molecular weight excluding hydrogens is 234 g/mol. The average molecular weight is 247 g/mol. The van der Waals surface area contributed by atoms with Gasteiger partial charge in [-0.05, 0) is 31.5 Å². The molecule has 0 amide bonds. The molecule has 2 heterocycles. The van der Waals surface area contributed by atoms with Crippen molar-refractivity contribution < 1.29 is 18.7 Å². The third-order valence-corrected chi connectivity index (χ3v) is 3.21. The Morgan fingerprint density at radius 3 is 3.17 bits per heavy atom. The quantitative estimate of drug-likeness (QED) is 0.613. The lowest BCUT2D eigenvalue weighted by Gasteiger charge is -2.06. The zero-order chi connectivity index (χ0) is 12.8. The van der Waals surface area contributed by atoms with E-state index in [1.54, 1.807) is 6.92 Å². The van der Waals surface area contributed by atoms with Gasteiger partial charge in [0, 0.05) is 0 Å². The van der Waals surface area contributed by atoms with Gasteiger partial charge in [0.05, 0.1) is 6.61 Å². The molecule has 1 aliphatic heterocycles. The molecule has 1 saturated heterocycles. The monoisotopic (exact) mass is 247 g/mol. The summed E-state index contributed by atoms with van der Waals surface area (Å²) < 4.78 is 15.7. The molecule has 2 aromatic rings. The van der Waals surface area contributed by atoms with Crippen LogP contribution in [0.15, 0.2) is 29.0 Å². The summed E-state index contributed by atoms with van der Waals surface area (Å²) in [6.45, 7) is 4.00. The van der Waals surface area contributed by atoms with E-state index in [0.717, 1.165) is 11.1 Å². The smallest absolute Gasteiger partial charge is 0.338 e. The summed E-state index contributed by atoms with van der Waals surface area (Å²) in [5, 5.41) is 0. The zero-order valence-corrected chi connectivity index (χ0v) is 10.2. The maximum Gasteiger partial charge on any atom is 0.338 e. The highest BCUT2D eigenvalue weighted by molar-refractivity contribution is 5.81. The molecule has 0 bridgehead atoms. The van der Waals surface area contributed by atoms with E-state index >= 15 is 0 Å². The Balaban J connectivity index is 1.89. The van der Waals surface area contributed by atoms with Crippen molar-refractivity contribution in [1.29, 1.82) is 0 Å². The number of benzene rings is 1. The first kappa shape index (κ1) is 11.2. The maximum atomic E-state index is 11.6. The van der Waals surface area contributed by atoms with Crippen LogP contribution in [0.3, 0.4) is 0 Å². The molecule has 5 nitrogen and oxygen atoms in total. The van der Waals surface area contributed by atoms with Gasteiger partial charge < -0.3 is 13.9 Å². The van der Waals surface area contributed by atoms with E-state index in [1.165, 1.54) is 6.39 Å². The molecule has 0 N–H and O–H groups in total. The van der Waals surface area contributed by atoms with Crippen molar-refractivity contribution >= 4 is 17.1 Å². The van der Waals surface area contributed by atoms with Crippen LogP contribution in [0.2, 0.25) is 0 Å². The second-order valence-electron chi connectivity index (χ2n) is 4.39.